The van der Waals surface area contributed by atoms with E-state index in [4.69, 9.17) is 34.4 Å². The molecule has 0 aromatic heterocycles. The second-order valence-electron chi connectivity index (χ2n) is 12.2. The van der Waals surface area contributed by atoms with Crippen LogP contribution in [0.2, 0.25) is 0 Å². The monoisotopic (exact) mass is 724 g/mol. The minimum atomic E-state index is -1.22. The summed E-state index contributed by atoms with van der Waals surface area (Å²) in [6, 6.07) is 9.36. The number of amides is 5. The van der Waals surface area contributed by atoms with Gasteiger partial charge in [-0.15, -0.1) is 0 Å². The molecule has 2 aromatic carbocycles. The average molecular weight is 725 g/mol. The largest absolute Gasteiger partial charge is 0.508 e. The molecule has 0 aliphatic heterocycles. The van der Waals surface area contributed by atoms with E-state index in [1.54, 1.807) is 42.5 Å². The van der Waals surface area contributed by atoms with E-state index in [2.05, 4.69) is 31.3 Å². The number of benzene rings is 2. The van der Waals surface area contributed by atoms with Crippen LogP contribution >= 0.6 is 0 Å². The molecule has 0 saturated carbocycles. The number of phenols is 1. The molecule has 2 rings (SSSR count). The van der Waals surface area contributed by atoms with E-state index < -0.39 is 59.7 Å². The zero-order valence-corrected chi connectivity index (χ0v) is 29.3. The molecule has 0 bridgehead atoms. The second kappa shape index (κ2) is 22.0. The first kappa shape index (κ1) is 42.3. The molecule has 18 heteroatoms. The number of primary amides is 1. The molecule has 0 heterocycles. The van der Waals surface area contributed by atoms with Crippen LogP contribution in [0.3, 0.4) is 0 Å². The van der Waals surface area contributed by atoms with Crippen LogP contribution in [-0.4, -0.2) is 89.9 Å². The van der Waals surface area contributed by atoms with Gasteiger partial charge in [-0.05, 0) is 62.3 Å². The number of hydrogen-bond acceptors (Lipinski definition) is 9. The summed E-state index contributed by atoms with van der Waals surface area (Å²) in [5.74, 6) is -3.65. The van der Waals surface area contributed by atoms with Crippen LogP contribution in [0.4, 0.5) is 0 Å². The summed E-state index contributed by atoms with van der Waals surface area (Å²) in [5.41, 5.74) is 34.4. The number of nitrogens with zero attached hydrogens (tertiary/aromatic N) is 2. The molecule has 0 aliphatic rings. The van der Waals surface area contributed by atoms with Gasteiger partial charge in [0.2, 0.25) is 29.5 Å². The van der Waals surface area contributed by atoms with Gasteiger partial charge in [0.05, 0.1) is 6.04 Å². The SMILES string of the molecule is C[C@@H](NC(=O)[C@H](Cc1ccccc1)NC(=O)[C@@H](CCCN=C(N)N)NC(=O)[C@H](Cc1ccc(O)cc1)NC(=O)[C@H](N)CCCCN=C(N)N)C(N)=O. The van der Waals surface area contributed by atoms with E-state index in [9.17, 15) is 29.1 Å². The Balaban J connectivity index is 2.33. The third kappa shape index (κ3) is 16.2. The van der Waals surface area contributed by atoms with Crippen LogP contribution in [-0.2, 0) is 36.8 Å². The summed E-state index contributed by atoms with van der Waals surface area (Å²) in [7, 11) is 0. The first-order valence-electron chi connectivity index (χ1n) is 16.8. The molecule has 0 saturated heterocycles. The zero-order chi connectivity index (χ0) is 38.6. The Morgan fingerprint density at radius 1 is 0.615 bits per heavy atom. The van der Waals surface area contributed by atoms with Crippen molar-refractivity contribution in [2.45, 2.75) is 82.1 Å². The van der Waals surface area contributed by atoms with Crippen LogP contribution in [0.5, 0.6) is 5.75 Å². The number of carbonyl (C=O) groups excluding carboxylic acids is 5. The number of rotatable bonds is 22. The topological polar surface area (TPSA) is 335 Å². The maximum atomic E-state index is 13.9. The fourth-order valence-corrected chi connectivity index (χ4v) is 4.93. The van der Waals surface area contributed by atoms with Crippen molar-refractivity contribution in [2.75, 3.05) is 13.1 Å². The third-order valence-electron chi connectivity index (χ3n) is 7.84. The highest BCUT2D eigenvalue weighted by Crippen LogP contribution is 2.13. The fourth-order valence-electron chi connectivity index (χ4n) is 4.93. The molecule has 0 aliphatic carbocycles. The summed E-state index contributed by atoms with van der Waals surface area (Å²) in [4.78, 5) is 73.7. The molecule has 5 atom stereocenters. The quantitative estimate of drug-likeness (QED) is 0.0341. The van der Waals surface area contributed by atoms with Gasteiger partial charge in [-0.2, -0.15) is 0 Å². The predicted octanol–water partition coefficient (Wildman–Crippen LogP) is -2.55. The number of guanidine groups is 2. The van der Waals surface area contributed by atoms with Gasteiger partial charge < -0.3 is 60.8 Å². The molecule has 52 heavy (non-hydrogen) atoms. The number of aliphatic imine (C=N–C) groups is 2. The molecular formula is C34H52N12O6. The van der Waals surface area contributed by atoms with Gasteiger partial charge in [-0.1, -0.05) is 42.5 Å². The summed E-state index contributed by atoms with van der Waals surface area (Å²) in [6.45, 7) is 1.92. The Morgan fingerprint density at radius 3 is 1.65 bits per heavy atom. The first-order valence-corrected chi connectivity index (χ1v) is 16.8. The van der Waals surface area contributed by atoms with Gasteiger partial charge in [0.1, 0.15) is 29.9 Å². The molecule has 0 unspecified atom stereocenters. The highest BCUT2D eigenvalue weighted by atomic mass is 16.3. The molecule has 0 radical (unpaired) electrons. The van der Waals surface area contributed by atoms with Crippen molar-refractivity contribution in [1.29, 1.82) is 0 Å². The minimum absolute atomic E-state index is 0.00774. The maximum Gasteiger partial charge on any atom is 0.243 e. The summed E-state index contributed by atoms with van der Waals surface area (Å²) >= 11 is 0. The van der Waals surface area contributed by atoms with E-state index in [-0.39, 0.29) is 56.3 Å². The second-order valence-corrected chi connectivity index (χ2v) is 12.2. The van der Waals surface area contributed by atoms with Crippen molar-refractivity contribution in [3.63, 3.8) is 0 Å². The van der Waals surface area contributed by atoms with E-state index in [1.165, 1.54) is 19.1 Å². The van der Waals surface area contributed by atoms with Crippen LogP contribution in [0.15, 0.2) is 64.6 Å². The van der Waals surface area contributed by atoms with E-state index in [0.717, 1.165) is 0 Å². The molecule has 2 aromatic rings. The molecule has 18 nitrogen and oxygen atoms in total. The molecular weight excluding hydrogens is 672 g/mol. The predicted molar refractivity (Wildman–Crippen MR) is 197 cm³/mol. The number of hydrogen-bond donors (Lipinski definition) is 11. The Labute approximate surface area is 302 Å². The van der Waals surface area contributed by atoms with Gasteiger partial charge >= 0.3 is 0 Å². The number of nitrogens with two attached hydrogens (primary N) is 6. The van der Waals surface area contributed by atoms with Crippen LogP contribution in [0.25, 0.3) is 0 Å². The highest BCUT2D eigenvalue weighted by molar-refractivity contribution is 5.96. The van der Waals surface area contributed by atoms with Crippen molar-refractivity contribution in [2.24, 2.45) is 44.4 Å². The van der Waals surface area contributed by atoms with Gasteiger partial charge in [0.15, 0.2) is 11.9 Å². The number of carbonyl (C=O) groups is 5. The van der Waals surface area contributed by atoms with Crippen LogP contribution in [0, 0.1) is 0 Å². The molecule has 0 spiro atoms. The highest BCUT2D eigenvalue weighted by Gasteiger charge is 2.31. The summed E-state index contributed by atoms with van der Waals surface area (Å²) in [6.07, 6.45) is 1.74. The molecule has 284 valence electrons. The lowest BCUT2D eigenvalue weighted by Gasteiger charge is -2.26. The smallest absolute Gasteiger partial charge is 0.243 e. The average Bonchev–Trinajstić information content (AvgIpc) is 3.09. The fraction of sp³-hybridized carbons (Fsp3) is 0.441. The van der Waals surface area contributed by atoms with Gasteiger partial charge in [-0.25, -0.2) is 0 Å². The van der Waals surface area contributed by atoms with Crippen molar-refractivity contribution >= 4 is 41.5 Å². The van der Waals surface area contributed by atoms with Crippen LogP contribution < -0.4 is 55.7 Å². The lowest BCUT2D eigenvalue weighted by Crippen LogP contribution is -2.59. The Kier molecular flexibility index (Phi) is 17.9. The Hall–Kier alpha value is -5.91. The first-order chi connectivity index (χ1) is 24.7. The standard InChI is InChI=1S/C34H52N12O6/c1-20(28(36)48)43-31(51)26(18-21-8-3-2-4-9-21)46-30(50)25(11-7-17-42-34(39)40)44-32(52)27(19-22-12-14-23(47)15-13-22)45-29(49)24(35)10-5-6-16-41-33(37)38/h2-4,8-9,12-15,20,24-27,47H,5-7,10-11,16-19,35H2,1H3,(H2,36,48)(H,43,51)(H,44,52)(H,45,49)(H,46,50)(H4,37,38,41)(H4,39,40,42)/t20-,24-,25-,26+,27+/m1/s1. The lowest BCUT2D eigenvalue weighted by molar-refractivity contribution is -0.134. The number of unbranched alkanes of at least 4 members (excludes halogenated alkanes) is 1. The lowest BCUT2D eigenvalue weighted by atomic mass is 10.0. The third-order valence-corrected chi connectivity index (χ3v) is 7.84. The maximum absolute atomic E-state index is 13.9. The molecule has 17 N–H and O–H groups in total. The molecule has 5 amide bonds. The van der Waals surface area contributed by atoms with Gasteiger partial charge in [-0.3, -0.25) is 34.0 Å². The Morgan fingerprint density at radius 2 is 1.10 bits per heavy atom. The summed E-state index contributed by atoms with van der Waals surface area (Å²) < 4.78 is 0. The van der Waals surface area contributed by atoms with Crippen molar-refractivity contribution in [3.8, 4) is 5.75 Å². The minimum Gasteiger partial charge on any atom is -0.508 e. The van der Waals surface area contributed by atoms with Crippen molar-refractivity contribution < 1.29 is 29.1 Å². The summed E-state index contributed by atoms with van der Waals surface area (Å²) in [5, 5.41) is 20.4. The van der Waals surface area contributed by atoms with Crippen LogP contribution in [0.1, 0.15) is 50.2 Å². The zero-order valence-electron chi connectivity index (χ0n) is 29.3. The van der Waals surface area contributed by atoms with Gasteiger partial charge in [0.25, 0.3) is 0 Å². The normalized spacial score (nSPS) is 13.6. The van der Waals surface area contributed by atoms with Crippen molar-refractivity contribution in [3.05, 3.63) is 65.7 Å². The van der Waals surface area contributed by atoms with E-state index >= 15 is 0 Å². The molecule has 0 fully saturated rings. The van der Waals surface area contributed by atoms with E-state index in [1.807, 2.05) is 0 Å². The number of aromatic hydroxyl groups is 1. The van der Waals surface area contributed by atoms with E-state index in [0.29, 0.717) is 30.5 Å². The number of nitrogens with one attached hydrogen (secondary N) is 4. The number of phenolic OH excluding ortho intramolecular Hbond substituents is 1. The van der Waals surface area contributed by atoms with Gasteiger partial charge in [0, 0.05) is 25.9 Å². The van der Waals surface area contributed by atoms with Crippen molar-refractivity contribution in [1.82, 2.24) is 21.3 Å². The Bertz CT molecular complexity index is 1530.